The Morgan fingerprint density at radius 2 is 2.38 bits per heavy atom. The van der Waals surface area contributed by atoms with Crippen molar-refractivity contribution < 1.29 is 4.79 Å². The molecule has 2 rings (SSSR count). The molecule has 1 aromatic heterocycles. The predicted octanol–water partition coefficient (Wildman–Crippen LogP) is 3.19. The lowest BCUT2D eigenvalue weighted by Crippen LogP contribution is -2.38. The molecule has 2 unspecified atom stereocenters. The molecule has 0 saturated carbocycles. The Bertz CT molecular complexity index is 347. The molecule has 0 amide bonds. The van der Waals surface area contributed by atoms with Gasteiger partial charge in [0.15, 0.2) is 5.78 Å². The van der Waals surface area contributed by atoms with Gasteiger partial charge in [-0.2, -0.15) is 0 Å². The quantitative estimate of drug-likeness (QED) is 0.750. The van der Waals surface area contributed by atoms with E-state index in [4.69, 9.17) is 0 Å². The van der Waals surface area contributed by atoms with Crippen LogP contribution < -0.4 is 0 Å². The second kappa shape index (κ2) is 5.11. The molecular formula is C13H19NOS. The first-order valence-corrected chi connectivity index (χ1v) is 6.92. The molecule has 1 fully saturated rings. The predicted molar refractivity (Wildman–Crippen MR) is 68.1 cm³/mol. The van der Waals surface area contributed by atoms with Gasteiger partial charge in [0, 0.05) is 12.1 Å². The van der Waals surface area contributed by atoms with Crippen LogP contribution in [0.25, 0.3) is 0 Å². The average molecular weight is 237 g/mol. The highest BCUT2D eigenvalue weighted by Gasteiger charge is 2.30. The summed E-state index contributed by atoms with van der Waals surface area (Å²) in [7, 11) is 0. The summed E-state index contributed by atoms with van der Waals surface area (Å²) >= 11 is 1.55. The Morgan fingerprint density at radius 1 is 1.56 bits per heavy atom. The van der Waals surface area contributed by atoms with E-state index in [9.17, 15) is 4.79 Å². The first-order valence-electron chi connectivity index (χ1n) is 6.04. The Morgan fingerprint density at radius 3 is 3.00 bits per heavy atom. The highest BCUT2D eigenvalue weighted by atomic mass is 32.1. The zero-order valence-corrected chi connectivity index (χ0v) is 10.8. The van der Waals surface area contributed by atoms with Gasteiger partial charge in [-0.25, -0.2) is 0 Å². The van der Waals surface area contributed by atoms with Gasteiger partial charge in [-0.15, -0.1) is 11.3 Å². The van der Waals surface area contributed by atoms with Crippen molar-refractivity contribution in [3.8, 4) is 0 Å². The number of ketones is 1. The summed E-state index contributed by atoms with van der Waals surface area (Å²) in [5.41, 5.74) is 0. The van der Waals surface area contributed by atoms with Crippen LogP contribution in [0.2, 0.25) is 0 Å². The number of thiophene rings is 1. The number of carbonyl (C=O) groups excluding carboxylic acids is 1. The second-order valence-electron chi connectivity index (χ2n) is 4.56. The maximum absolute atomic E-state index is 12.0. The van der Waals surface area contributed by atoms with Gasteiger partial charge >= 0.3 is 0 Å². The van der Waals surface area contributed by atoms with Gasteiger partial charge < -0.3 is 0 Å². The Balaban J connectivity index is 2.00. The Hall–Kier alpha value is -0.670. The smallest absolute Gasteiger partial charge is 0.186 e. The molecule has 88 valence electrons. The number of Topliss-reactive ketones (excluding diaryl/α,β-unsaturated/α-hetero) is 1. The van der Waals surface area contributed by atoms with Crippen LogP contribution in [0.15, 0.2) is 17.5 Å². The molecule has 0 spiro atoms. The molecule has 0 radical (unpaired) electrons. The third-order valence-electron chi connectivity index (χ3n) is 3.55. The van der Waals surface area contributed by atoms with Crippen molar-refractivity contribution >= 4 is 17.1 Å². The van der Waals surface area contributed by atoms with Crippen LogP contribution in [0.4, 0.5) is 0 Å². The minimum atomic E-state index is 0.280. The van der Waals surface area contributed by atoms with E-state index < -0.39 is 0 Å². The molecule has 16 heavy (non-hydrogen) atoms. The second-order valence-corrected chi connectivity index (χ2v) is 5.51. The van der Waals surface area contributed by atoms with Gasteiger partial charge in [-0.1, -0.05) is 13.0 Å². The molecule has 2 atom stereocenters. The van der Waals surface area contributed by atoms with Crippen LogP contribution in [-0.2, 0) is 0 Å². The summed E-state index contributed by atoms with van der Waals surface area (Å²) in [6.45, 7) is 5.04. The van der Waals surface area contributed by atoms with E-state index >= 15 is 0 Å². The van der Waals surface area contributed by atoms with Crippen molar-refractivity contribution in [1.29, 1.82) is 0 Å². The molecule has 0 bridgehead atoms. The molecule has 1 aliphatic rings. The van der Waals surface area contributed by atoms with Crippen LogP contribution in [0, 0.1) is 0 Å². The lowest BCUT2D eigenvalue weighted by atomic mass is 10.1. The van der Waals surface area contributed by atoms with Gasteiger partial charge in [-0.3, -0.25) is 9.69 Å². The number of likely N-dealkylation sites (tertiary alicyclic amines) is 1. The molecule has 3 heteroatoms. The lowest BCUT2D eigenvalue weighted by molar-refractivity contribution is 0.0893. The van der Waals surface area contributed by atoms with Crippen molar-refractivity contribution in [2.45, 2.75) is 45.2 Å². The number of nitrogens with zero attached hydrogens (tertiary/aromatic N) is 1. The van der Waals surface area contributed by atoms with E-state index in [0.29, 0.717) is 18.6 Å². The molecule has 2 nitrogen and oxygen atoms in total. The van der Waals surface area contributed by atoms with E-state index in [1.165, 1.54) is 12.8 Å². The van der Waals surface area contributed by atoms with Gasteiger partial charge in [-0.05, 0) is 37.6 Å². The van der Waals surface area contributed by atoms with E-state index in [1.807, 2.05) is 17.5 Å². The van der Waals surface area contributed by atoms with Gasteiger partial charge in [0.25, 0.3) is 0 Å². The zero-order chi connectivity index (χ0) is 11.5. The SMILES string of the molecule is CCC1CCC(C)N1CC(=O)c1cccs1. The third kappa shape index (κ3) is 2.36. The van der Waals surface area contributed by atoms with Crippen LogP contribution in [0.1, 0.15) is 42.8 Å². The van der Waals surface area contributed by atoms with Crippen LogP contribution >= 0.6 is 11.3 Å². The monoisotopic (exact) mass is 237 g/mol. The largest absolute Gasteiger partial charge is 0.292 e. The van der Waals surface area contributed by atoms with Gasteiger partial charge in [0.05, 0.1) is 11.4 Å². The Kier molecular flexibility index (Phi) is 3.77. The molecule has 1 saturated heterocycles. The molecule has 0 aliphatic carbocycles. The fraction of sp³-hybridized carbons (Fsp3) is 0.615. The topological polar surface area (TPSA) is 20.3 Å². The summed E-state index contributed by atoms with van der Waals surface area (Å²) in [6, 6.07) is 5.05. The maximum Gasteiger partial charge on any atom is 0.186 e. The van der Waals surface area contributed by atoms with Crippen molar-refractivity contribution in [3.05, 3.63) is 22.4 Å². The van der Waals surface area contributed by atoms with Gasteiger partial charge in [0.1, 0.15) is 0 Å². The number of rotatable bonds is 4. The minimum absolute atomic E-state index is 0.280. The normalized spacial score (nSPS) is 26.1. The fourth-order valence-electron chi connectivity index (χ4n) is 2.53. The van der Waals surface area contributed by atoms with Crippen molar-refractivity contribution in [2.75, 3.05) is 6.54 Å². The maximum atomic E-state index is 12.0. The molecule has 1 aromatic rings. The van der Waals surface area contributed by atoms with Crippen molar-refractivity contribution in [1.82, 2.24) is 4.90 Å². The minimum Gasteiger partial charge on any atom is -0.292 e. The summed E-state index contributed by atoms with van der Waals surface area (Å²) in [6.07, 6.45) is 3.63. The average Bonchev–Trinajstić information content (AvgIpc) is 2.89. The van der Waals surface area contributed by atoms with Crippen LogP contribution in [0.3, 0.4) is 0 Å². The van der Waals surface area contributed by atoms with Crippen LogP contribution in [0.5, 0.6) is 0 Å². The lowest BCUT2D eigenvalue weighted by Gasteiger charge is -2.26. The summed E-state index contributed by atoms with van der Waals surface area (Å²) in [5, 5.41) is 1.97. The first-order chi connectivity index (χ1) is 7.72. The fourth-order valence-corrected chi connectivity index (χ4v) is 3.19. The highest BCUT2D eigenvalue weighted by molar-refractivity contribution is 7.12. The first kappa shape index (κ1) is 11.8. The van der Waals surface area contributed by atoms with E-state index in [0.717, 1.165) is 11.3 Å². The summed E-state index contributed by atoms with van der Waals surface area (Å²) < 4.78 is 0. The zero-order valence-electron chi connectivity index (χ0n) is 9.98. The van der Waals surface area contributed by atoms with Crippen molar-refractivity contribution in [2.24, 2.45) is 0 Å². The number of carbonyl (C=O) groups is 1. The van der Waals surface area contributed by atoms with E-state index in [-0.39, 0.29) is 5.78 Å². The molecule has 1 aliphatic heterocycles. The summed E-state index contributed by atoms with van der Waals surface area (Å²) in [4.78, 5) is 15.3. The van der Waals surface area contributed by atoms with Gasteiger partial charge in [0.2, 0.25) is 0 Å². The van der Waals surface area contributed by atoms with E-state index in [1.54, 1.807) is 11.3 Å². The van der Waals surface area contributed by atoms with Crippen molar-refractivity contribution in [3.63, 3.8) is 0 Å². The van der Waals surface area contributed by atoms with E-state index in [2.05, 4.69) is 18.7 Å². The summed E-state index contributed by atoms with van der Waals surface area (Å²) in [5.74, 6) is 0.280. The molecule has 0 aromatic carbocycles. The number of hydrogen-bond acceptors (Lipinski definition) is 3. The standard InChI is InChI=1S/C13H19NOS/c1-3-11-7-6-10(2)14(11)9-12(15)13-5-4-8-16-13/h4-5,8,10-11H,3,6-7,9H2,1-2H3. The number of hydrogen-bond donors (Lipinski definition) is 0. The molecule has 0 N–H and O–H groups in total. The highest BCUT2D eigenvalue weighted by Crippen LogP contribution is 2.26. The Labute approximate surface area is 101 Å². The third-order valence-corrected chi connectivity index (χ3v) is 4.46. The molecular weight excluding hydrogens is 218 g/mol. The van der Waals surface area contributed by atoms with Crippen LogP contribution in [-0.4, -0.2) is 29.3 Å². The molecule has 2 heterocycles.